The van der Waals surface area contributed by atoms with E-state index in [1.165, 1.54) is 0 Å². The molecule has 1 aromatic heterocycles. The van der Waals surface area contributed by atoms with E-state index < -0.39 is 0 Å². The lowest BCUT2D eigenvalue weighted by atomic mass is 10.4. The zero-order valence-corrected chi connectivity index (χ0v) is 8.82. The quantitative estimate of drug-likeness (QED) is 0.777. The molecule has 0 radical (unpaired) electrons. The molecule has 0 bridgehead atoms. The third kappa shape index (κ3) is 1.48. The second-order valence-corrected chi connectivity index (χ2v) is 3.85. The van der Waals surface area contributed by atoms with E-state index in [0.717, 1.165) is 18.8 Å². The molecular formula is C9H16N4O. The van der Waals surface area contributed by atoms with Crippen molar-refractivity contribution in [1.29, 1.82) is 0 Å². The Morgan fingerprint density at radius 2 is 2.57 bits per heavy atom. The fraction of sp³-hybridized carbons (Fsp3) is 0.778. The topological polar surface area (TPSA) is 52.0 Å². The second-order valence-electron chi connectivity index (χ2n) is 3.85. The minimum Gasteiger partial charge on any atom is -0.376 e. The molecule has 2 unspecified atom stereocenters. The molecule has 0 saturated heterocycles. The summed E-state index contributed by atoms with van der Waals surface area (Å²) in [5, 5.41) is 11.2. The molecule has 0 amide bonds. The predicted molar refractivity (Wildman–Crippen MR) is 53.1 cm³/mol. The van der Waals surface area contributed by atoms with Gasteiger partial charge in [-0.15, -0.1) is 5.10 Å². The van der Waals surface area contributed by atoms with Crippen molar-refractivity contribution < 1.29 is 4.74 Å². The fourth-order valence-corrected chi connectivity index (χ4v) is 1.56. The normalized spacial score (nSPS) is 30.4. The first kappa shape index (κ1) is 9.45. The van der Waals surface area contributed by atoms with Crippen LogP contribution in [0, 0.1) is 0 Å². The van der Waals surface area contributed by atoms with E-state index in [4.69, 9.17) is 4.74 Å². The molecule has 1 aliphatic carbocycles. The maximum absolute atomic E-state index is 5.37. The molecule has 1 aromatic rings. The minimum atomic E-state index is -0.0111. The van der Waals surface area contributed by atoms with Gasteiger partial charge in [-0.25, -0.2) is 4.68 Å². The molecule has 1 fully saturated rings. The number of aryl methyl sites for hydroxylation is 1. The Kier molecular flexibility index (Phi) is 2.19. The van der Waals surface area contributed by atoms with Crippen molar-refractivity contribution in [2.24, 2.45) is 0 Å². The summed E-state index contributed by atoms with van der Waals surface area (Å²) in [5.74, 6) is 0.971. The van der Waals surface area contributed by atoms with Crippen LogP contribution in [0.2, 0.25) is 0 Å². The Balaban J connectivity index is 1.99. The maximum atomic E-state index is 5.37. The van der Waals surface area contributed by atoms with E-state index in [9.17, 15) is 0 Å². The van der Waals surface area contributed by atoms with Crippen molar-refractivity contribution >= 4 is 5.82 Å². The van der Waals surface area contributed by atoms with Crippen molar-refractivity contribution in [2.45, 2.75) is 38.5 Å². The molecule has 1 heterocycles. The molecule has 1 aliphatic rings. The molecule has 5 nitrogen and oxygen atoms in total. The molecule has 1 saturated carbocycles. The number of aromatic nitrogens is 3. The zero-order valence-electron chi connectivity index (χ0n) is 8.82. The Labute approximate surface area is 83.4 Å². The summed E-state index contributed by atoms with van der Waals surface area (Å²) in [4.78, 5) is 0. The first-order valence-corrected chi connectivity index (χ1v) is 4.90. The number of nitrogens with zero attached hydrogens (tertiary/aromatic N) is 3. The molecule has 2 rings (SSSR count). The first-order valence-electron chi connectivity index (χ1n) is 4.90. The molecular weight excluding hydrogens is 180 g/mol. The number of nitrogens with one attached hydrogen (secondary N) is 1. The molecule has 0 aromatic carbocycles. The molecule has 0 spiro atoms. The van der Waals surface area contributed by atoms with Gasteiger partial charge in [0.1, 0.15) is 5.82 Å². The SMILES string of the molecule is CCn1nncc1NC1CC1(C)OC. The van der Waals surface area contributed by atoms with Crippen LogP contribution >= 0.6 is 0 Å². The number of methoxy groups -OCH3 is 1. The van der Waals surface area contributed by atoms with Crippen molar-refractivity contribution in [3.05, 3.63) is 6.20 Å². The van der Waals surface area contributed by atoms with E-state index in [-0.39, 0.29) is 5.60 Å². The summed E-state index contributed by atoms with van der Waals surface area (Å²) >= 11 is 0. The van der Waals surface area contributed by atoms with E-state index in [0.29, 0.717) is 6.04 Å². The summed E-state index contributed by atoms with van der Waals surface area (Å²) in [6.07, 6.45) is 2.79. The Bertz CT molecular complexity index is 324. The largest absolute Gasteiger partial charge is 0.376 e. The molecule has 2 atom stereocenters. The van der Waals surface area contributed by atoms with Gasteiger partial charge in [-0.05, 0) is 13.8 Å². The lowest BCUT2D eigenvalue weighted by Crippen LogP contribution is -2.19. The number of ether oxygens (including phenoxy) is 1. The monoisotopic (exact) mass is 196 g/mol. The van der Waals surface area contributed by atoms with E-state index >= 15 is 0 Å². The van der Waals surface area contributed by atoms with Crippen molar-refractivity contribution in [1.82, 2.24) is 15.0 Å². The van der Waals surface area contributed by atoms with Crippen LogP contribution in [0.5, 0.6) is 0 Å². The number of rotatable bonds is 4. The first-order chi connectivity index (χ1) is 6.69. The van der Waals surface area contributed by atoms with Crippen molar-refractivity contribution in [3.63, 3.8) is 0 Å². The van der Waals surface area contributed by atoms with Gasteiger partial charge in [-0.3, -0.25) is 0 Å². The third-order valence-electron chi connectivity index (χ3n) is 2.89. The lowest BCUT2D eigenvalue weighted by molar-refractivity contribution is 0.0935. The van der Waals surface area contributed by atoms with Crippen LogP contribution in [0.1, 0.15) is 20.3 Å². The fourth-order valence-electron chi connectivity index (χ4n) is 1.56. The van der Waals surface area contributed by atoms with Gasteiger partial charge in [0.2, 0.25) is 0 Å². The summed E-state index contributed by atoms with van der Waals surface area (Å²) in [5.41, 5.74) is -0.0111. The molecule has 1 N–H and O–H groups in total. The zero-order chi connectivity index (χ0) is 10.2. The highest BCUT2D eigenvalue weighted by molar-refractivity contribution is 5.37. The average molecular weight is 196 g/mol. The predicted octanol–water partition coefficient (Wildman–Crippen LogP) is 0.887. The van der Waals surface area contributed by atoms with E-state index in [1.54, 1.807) is 13.3 Å². The van der Waals surface area contributed by atoms with Gasteiger partial charge in [0.25, 0.3) is 0 Å². The van der Waals surface area contributed by atoms with Crippen LogP contribution in [0.3, 0.4) is 0 Å². The molecule has 5 heteroatoms. The summed E-state index contributed by atoms with van der Waals surface area (Å²) in [7, 11) is 1.75. The third-order valence-corrected chi connectivity index (χ3v) is 2.89. The smallest absolute Gasteiger partial charge is 0.145 e. The van der Waals surface area contributed by atoms with Gasteiger partial charge in [0, 0.05) is 20.1 Å². The van der Waals surface area contributed by atoms with Crippen LogP contribution in [0.15, 0.2) is 6.20 Å². The number of hydrogen-bond acceptors (Lipinski definition) is 4. The average Bonchev–Trinajstić information content (AvgIpc) is 2.62. The number of anilines is 1. The Hall–Kier alpha value is -1.10. The van der Waals surface area contributed by atoms with Crippen LogP contribution in [0.25, 0.3) is 0 Å². The van der Waals surface area contributed by atoms with E-state index in [2.05, 4.69) is 22.6 Å². The summed E-state index contributed by atoms with van der Waals surface area (Å²) in [6.45, 7) is 4.98. The highest BCUT2D eigenvalue weighted by Gasteiger charge is 2.51. The van der Waals surface area contributed by atoms with Crippen molar-refractivity contribution in [2.75, 3.05) is 12.4 Å². The standard InChI is InChI=1S/C9H16N4O/c1-4-13-8(6-10-12-13)11-7-5-9(7,2)14-3/h6-7,11H,4-5H2,1-3H3. The summed E-state index contributed by atoms with van der Waals surface area (Å²) < 4.78 is 7.21. The second kappa shape index (κ2) is 3.24. The number of hydrogen-bond donors (Lipinski definition) is 1. The van der Waals surface area contributed by atoms with Gasteiger partial charge in [-0.1, -0.05) is 5.21 Å². The Morgan fingerprint density at radius 1 is 1.79 bits per heavy atom. The highest BCUT2D eigenvalue weighted by Crippen LogP contribution is 2.40. The highest BCUT2D eigenvalue weighted by atomic mass is 16.5. The van der Waals surface area contributed by atoms with Gasteiger partial charge in [-0.2, -0.15) is 0 Å². The van der Waals surface area contributed by atoms with Crippen LogP contribution < -0.4 is 5.32 Å². The molecule has 0 aliphatic heterocycles. The molecule has 14 heavy (non-hydrogen) atoms. The summed E-state index contributed by atoms with van der Waals surface area (Å²) in [6, 6.07) is 0.385. The van der Waals surface area contributed by atoms with Crippen LogP contribution in [-0.2, 0) is 11.3 Å². The molecule has 78 valence electrons. The van der Waals surface area contributed by atoms with Crippen LogP contribution in [-0.4, -0.2) is 33.7 Å². The Morgan fingerprint density at radius 3 is 3.14 bits per heavy atom. The van der Waals surface area contributed by atoms with E-state index in [1.807, 2.05) is 11.6 Å². The lowest BCUT2D eigenvalue weighted by Gasteiger charge is -2.10. The van der Waals surface area contributed by atoms with Gasteiger partial charge in [0.05, 0.1) is 17.8 Å². The van der Waals surface area contributed by atoms with Gasteiger partial charge >= 0.3 is 0 Å². The maximum Gasteiger partial charge on any atom is 0.145 e. The van der Waals surface area contributed by atoms with Gasteiger partial charge in [0.15, 0.2) is 0 Å². The van der Waals surface area contributed by atoms with Crippen LogP contribution in [0.4, 0.5) is 5.82 Å². The van der Waals surface area contributed by atoms with Gasteiger partial charge < -0.3 is 10.1 Å². The van der Waals surface area contributed by atoms with Crippen molar-refractivity contribution in [3.8, 4) is 0 Å². The minimum absolute atomic E-state index is 0.0111.